The normalized spacial score (nSPS) is 14.8. The number of Topliss-reactive ketones (excluding diaryl/α,β-unsaturated/α-hetero) is 1. The average molecular weight is 482 g/mol. The molecule has 0 unspecified atom stereocenters. The van der Waals surface area contributed by atoms with Crippen LogP contribution in [0.4, 0.5) is 4.79 Å². The van der Waals surface area contributed by atoms with E-state index >= 15 is 0 Å². The maximum absolute atomic E-state index is 12.6. The van der Waals surface area contributed by atoms with Gasteiger partial charge in [0.05, 0.1) is 12.6 Å². The van der Waals surface area contributed by atoms with Gasteiger partial charge in [-0.1, -0.05) is 20.3 Å². The first kappa shape index (κ1) is 28.8. The Morgan fingerprint density at radius 2 is 1.62 bits per heavy atom. The van der Waals surface area contributed by atoms with E-state index in [-0.39, 0.29) is 49.4 Å². The van der Waals surface area contributed by atoms with Crippen molar-refractivity contribution < 1.29 is 33.9 Å². The summed E-state index contributed by atoms with van der Waals surface area (Å²) < 4.78 is 0. The molecule has 190 valence electrons. The van der Waals surface area contributed by atoms with Crippen LogP contribution in [0, 0.1) is 5.92 Å². The molecule has 0 saturated heterocycles. The van der Waals surface area contributed by atoms with Gasteiger partial charge in [0.15, 0.2) is 5.78 Å². The lowest BCUT2D eigenvalue weighted by Gasteiger charge is -2.23. The number of ketones is 1. The molecule has 0 saturated carbocycles. The Labute approximate surface area is 198 Å². The Bertz CT molecular complexity index is 779. The number of imide groups is 1. The van der Waals surface area contributed by atoms with Crippen molar-refractivity contribution in [3.63, 3.8) is 0 Å². The van der Waals surface area contributed by atoms with Crippen LogP contribution in [-0.4, -0.2) is 77.2 Å². The van der Waals surface area contributed by atoms with E-state index in [4.69, 9.17) is 5.73 Å². The molecule has 34 heavy (non-hydrogen) atoms. The molecule has 12 heteroatoms. The third-order valence-corrected chi connectivity index (χ3v) is 5.22. The summed E-state index contributed by atoms with van der Waals surface area (Å²) in [7, 11) is 0. The highest BCUT2D eigenvalue weighted by molar-refractivity contribution is 6.12. The first-order valence-electron chi connectivity index (χ1n) is 11.4. The van der Waals surface area contributed by atoms with Gasteiger partial charge in [-0.05, 0) is 25.7 Å². The number of nitrogens with zero attached hydrogens (tertiary/aromatic N) is 1. The van der Waals surface area contributed by atoms with Gasteiger partial charge in [0.25, 0.3) is 11.8 Å². The molecule has 0 aromatic rings. The number of aliphatic hydroxyl groups is 1. The number of nitrogens with two attached hydrogens (primary N) is 1. The maximum atomic E-state index is 12.6. The molecule has 6 amide bonds. The van der Waals surface area contributed by atoms with E-state index in [0.29, 0.717) is 25.7 Å². The third-order valence-electron chi connectivity index (χ3n) is 5.22. The molecule has 6 N–H and O–H groups in total. The molecule has 0 fully saturated rings. The molecule has 2 atom stereocenters. The number of primary amides is 1. The highest BCUT2D eigenvalue weighted by Crippen LogP contribution is 2.09. The standard InChI is InChI=1S/C22H35N5O7/c1-14(2)20(32)15(7-6-11-24-22(23)34)26-21(33)16(13-28)25-17(29)8-4-3-5-12-27-18(30)9-10-19(27)31/h9-10,14-16,28H,3-8,11-13H2,1-2H3,(H,25,29)(H,26,33)(H3,23,24,34)/t15-,16-/m0/s1. The summed E-state index contributed by atoms with van der Waals surface area (Å²) in [5, 5.41) is 17.0. The summed E-state index contributed by atoms with van der Waals surface area (Å²) in [5.41, 5.74) is 5.01. The van der Waals surface area contributed by atoms with E-state index in [1.807, 2.05) is 0 Å². The van der Waals surface area contributed by atoms with E-state index < -0.39 is 36.5 Å². The van der Waals surface area contributed by atoms with Crippen LogP contribution in [0.25, 0.3) is 0 Å². The lowest BCUT2D eigenvalue weighted by molar-refractivity contribution is -0.137. The summed E-state index contributed by atoms with van der Waals surface area (Å²) in [4.78, 5) is 72.1. The van der Waals surface area contributed by atoms with Gasteiger partial charge in [0.2, 0.25) is 11.8 Å². The summed E-state index contributed by atoms with van der Waals surface area (Å²) in [6.45, 7) is 3.26. The molecular weight excluding hydrogens is 446 g/mol. The van der Waals surface area contributed by atoms with Crippen LogP contribution < -0.4 is 21.7 Å². The van der Waals surface area contributed by atoms with Crippen molar-refractivity contribution >= 4 is 35.4 Å². The predicted molar refractivity (Wildman–Crippen MR) is 122 cm³/mol. The smallest absolute Gasteiger partial charge is 0.312 e. The minimum Gasteiger partial charge on any atom is -0.394 e. The van der Waals surface area contributed by atoms with Crippen LogP contribution in [0.5, 0.6) is 0 Å². The molecule has 0 spiro atoms. The van der Waals surface area contributed by atoms with Crippen molar-refractivity contribution in [1.29, 1.82) is 0 Å². The fourth-order valence-electron chi connectivity index (χ4n) is 3.32. The van der Waals surface area contributed by atoms with E-state index in [2.05, 4.69) is 16.0 Å². The molecular formula is C22H35N5O7. The number of aliphatic hydroxyl groups excluding tert-OH is 1. The molecule has 1 heterocycles. The van der Waals surface area contributed by atoms with Crippen LogP contribution in [0.1, 0.15) is 52.4 Å². The van der Waals surface area contributed by atoms with Crippen LogP contribution in [0.3, 0.4) is 0 Å². The van der Waals surface area contributed by atoms with Crippen molar-refractivity contribution in [3.05, 3.63) is 12.2 Å². The quantitative estimate of drug-likeness (QED) is 0.140. The average Bonchev–Trinajstić information content (AvgIpc) is 3.10. The topological polar surface area (TPSA) is 188 Å². The van der Waals surface area contributed by atoms with Gasteiger partial charge >= 0.3 is 6.03 Å². The van der Waals surface area contributed by atoms with Gasteiger partial charge in [-0.25, -0.2) is 4.79 Å². The van der Waals surface area contributed by atoms with Crippen molar-refractivity contribution in [3.8, 4) is 0 Å². The van der Waals surface area contributed by atoms with Gasteiger partial charge in [0, 0.05) is 37.6 Å². The zero-order valence-electron chi connectivity index (χ0n) is 19.7. The molecule has 0 aliphatic carbocycles. The molecule has 0 radical (unpaired) electrons. The van der Waals surface area contributed by atoms with Crippen molar-refractivity contribution in [1.82, 2.24) is 20.9 Å². The fraction of sp³-hybridized carbons (Fsp3) is 0.636. The second-order valence-corrected chi connectivity index (χ2v) is 8.33. The zero-order chi connectivity index (χ0) is 25.7. The molecule has 12 nitrogen and oxygen atoms in total. The number of unbranched alkanes of at least 4 members (excludes halogenated alkanes) is 2. The number of rotatable bonds is 16. The molecule has 1 aliphatic heterocycles. The van der Waals surface area contributed by atoms with Gasteiger partial charge in [0.1, 0.15) is 6.04 Å². The number of carbonyl (C=O) groups is 6. The molecule has 0 aromatic carbocycles. The van der Waals surface area contributed by atoms with E-state index in [1.54, 1.807) is 13.8 Å². The summed E-state index contributed by atoms with van der Waals surface area (Å²) in [6, 6.07) is -2.74. The van der Waals surface area contributed by atoms with Crippen LogP contribution in [0.2, 0.25) is 0 Å². The monoisotopic (exact) mass is 481 g/mol. The zero-order valence-corrected chi connectivity index (χ0v) is 19.7. The van der Waals surface area contributed by atoms with E-state index in [1.165, 1.54) is 12.2 Å². The highest BCUT2D eigenvalue weighted by Gasteiger charge is 2.27. The van der Waals surface area contributed by atoms with Gasteiger partial charge in [-0.3, -0.25) is 28.9 Å². The van der Waals surface area contributed by atoms with Crippen molar-refractivity contribution in [2.45, 2.75) is 64.5 Å². The minimum atomic E-state index is -1.22. The number of nitrogens with one attached hydrogen (secondary N) is 3. The third kappa shape index (κ3) is 10.1. The molecule has 1 rings (SSSR count). The Balaban J connectivity index is 2.45. The number of urea groups is 1. The van der Waals surface area contributed by atoms with E-state index in [0.717, 1.165) is 4.90 Å². The van der Waals surface area contributed by atoms with Gasteiger partial charge in [-0.15, -0.1) is 0 Å². The Morgan fingerprint density at radius 1 is 0.971 bits per heavy atom. The summed E-state index contributed by atoms with van der Waals surface area (Å²) in [6.07, 6.45) is 4.78. The van der Waals surface area contributed by atoms with Crippen molar-refractivity contribution in [2.75, 3.05) is 19.7 Å². The largest absolute Gasteiger partial charge is 0.394 e. The lowest BCUT2D eigenvalue weighted by atomic mass is 9.97. The van der Waals surface area contributed by atoms with Crippen LogP contribution >= 0.6 is 0 Å². The minimum absolute atomic E-state index is 0.0943. The number of amides is 6. The number of carbonyl (C=O) groups excluding carboxylic acids is 6. The van der Waals surface area contributed by atoms with Gasteiger partial charge in [-0.2, -0.15) is 0 Å². The summed E-state index contributed by atoms with van der Waals surface area (Å²) >= 11 is 0. The Kier molecular flexibility index (Phi) is 12.5. The first-order chi connectivity index (χ1) is 16.1. The molecule has 0 aromatic heterocycles. The Morgan fingerprint density at radius 3 is 2.18 bits per heavy atom. The molecule has 0 bridgehead atoms. The lowest BCUT2D eigenvalue weighted by Crippen LogP contribution is -2.53. The number of hydrogen-bond donors (Lipinski definition) is 5. The predicted octanol–water partition coefficient (Wildman–Crippen LogP) is -0.893. The summed E-state index contributed by atoms with van der Waals surface area (Å²) in [5.74, 6) is -2.38. The second-order valence-electron chi connectivity index (χ2n) is 8.33. The van der Waals surface area contributed by atoms with Crippen LogP contribution in [0.15, 0.2) is 12.2 Å². The molecule has 1 aliphatic rings. The van der Waals surface area contributed by atoms with Gasteiger partial charge < -0.3 is 26.8 Å². The SMILES string of the molecule is CC(C)C(=O)[C@H](CCCNC(N)=O)NC(=O)[C@H](CO)NC(=O)CCCCCN1C(=O)C=CC1=O. The number of hydrogen-bond acceptors (Lipinski definition) is 7. The van der Waals surface area contributed by atoms with E-state index in [9.17, 15) is 33.9 Å². The Hall–Kier alpha value is -3.28. The first-order valence-corrected chi connectivity index (χ1v) is 11.4. The maximum Gasteiger partial charge on any atom is 0.312 e. The van der Waals surface area contributed by atoms with Crippen molar-refractivity contribution in [2.24, 2.45) is 11.7 Å². The second kappa shape index (κ2) is 14.8. The highest BCUT2D eigenvalue weighted by atomic mass is 16.3. The van der Waals surface area contributed by atoms with Crippen LogP contribution in [-0.2, 0) is 24.0 Å². The fourth-order valence-corrected chi connectivity index (χ4v) is 3.32.